The molecule has 0 bridgehead atoms. The van der Waals surface area contributed by atoms with Crippen LogP contribution in [0.4, 0.5) is 5.69 Å². The van der Waals surface area contributed by atoms with Crippen molar-refractivity contribution in [1.29, 1.82) is 0 Å². The van der Waals surface area contributed by atoms with E-state index in [1.165, 1.54) is 22.4 Å². The molecule has 0 radical (unpaired) electrons. The molecule has 11 heteroatoms. The average Bonchev–Trinajstić information content (AvgIpc) is 3.55. The number of piperazine rings is 1. The Balaban J connectivity index is 1.16. The number of nitro benzene ring substituents is 1. The first-order chi connectivity index (χ1) is 17.0. The van der Waals surface area contributed by atoms with Gasteiger partial charge >= 0.3 is 0 Å². The standard InChI is InChI=1S/C24H23N7O4/c1-17-2-4-18(5-3-17)23-25-22(35-27-23)16-28-12-14-29(15-13-28)24(32)21-10-11-30(26-21)19-6-8-20(9-7-19)31(33)34/h2-11H,12-16H2,1H3. The Bertz CT molecular complexity index is 1340. The molecule has 3 heterocycles. The maximum absolute atomic E-state index is 12.9. The lowest BCUT2D eigenvalue weighted by molar-refractivity contribution is -0.384. The lowest BCUT2D eigenvalue weighted by Crippen LogP contribution is -2.48. The van der Waals surface area contributed by atoms with Gasteiger partial charge in [-0.1, -0.05) is 35.0 Å². The van der Waals surface area contributed by atoms with Crippen LogP contribution in [-0.4, -0.2) is 66.7 Å². The number of amides is 1. The second-order valence-corrected chi connectivity index (χ2v) is 8.37. The average molecular weight is 473 g/mol. The molecule has 4 aromatic rings. The number of carbonyl (C=O) groups is 1. The summed E-state index contributed by atoms with van der Waals surface area (Å²) in [6.07, 6.45) is 1.67. The zero-order chi connectivity index (χ0) is 24.4. The van der Waals surface area contributed by atoms with E-state index in [9.17, 15) is 14.9 Å². The molecule has 1 aliphatic rings. The van der Waals surface area contributed by atoms with Gasteiger partial charge in [0.05, 0.1) is 17.2 Å². The van der Waals surface area contributed by atoms with Crippen LogP contribution in [0.25, 0.3) is 17.1 Å². The number of benzene rings is 2. The Morgan fingerprint density at radius 1 is 1.03 bits per heavy atom. The molecule has 1 saturated heterocycles. The molecule has 0 N–H and O–H groups in total. The quantitative estimate of drug-likeness (QED) is 0.309. The highest BCUT2D eigenvalue weighted by Crippen LogP contribution is 2.18. The van der Waals surface area contributed by atoms with Gasteiger partial charge in [-0.05, 0) is 25.1 Å². The van der Waals surface area contributed by atoms with Crippen molar-refractivity contribution in [3.05, 3.63) is 88.1 Å². The SMILES string of the molecule is Cc1ccc(-c2noc(CN3CCN(C(=O)c4ccn(-c5ccc([N+](=O)[O-])cc5)n4)CC3)n2)cc1. The van der Waals surface area contributed by atoms with Gasteiger partial charge in [-0.25, -0.2) is 4.68 Å². The fraction of sp³-hybridized carbons (Fsp3) is 0.250. The predicted molar refractivity (Wildman–Crippen MR) is 126 cm³/mol. The highest BCUT2D eigenvalue weighted by molar-refractivity contribution is 5.92. The zero-order valence-electron chi connectivity index (χ0n) is 19.1. The first-order valence-corrected chi connectivity index (χ1v) is 11.2. The van der Waals surface area contributed by atoms with Gasteiger partial charge in [0, 0.05) is 50.1 Å². The van der Waals surface area contributed by atoms with Crippen molar-refractivity contribution in [3.8, 4) is 17.1 Å². The van der Waals surface area contributed by atoms with Gasteiger partial charge in [0.15, 0.2) is 5.69 Å². The number of nitro groups is 1. The third-order valence-corrected chi connectivity index (χ3v) is 5.93. The van der Waals surface area contributed by atoms with E-state index < -0.39 is 4.92 Å². The molecule has 0 aliphatic carbocycles. The molecule has 5 rings (SSSR count). The lowest BCUT2D eigenvalue weighted by Gasteiger charge is -2.33. The van der Waals surface area contributed by atoms with Crippen LogP contribution in [0.3, 0.4) is 0 Å². The minimum atomic E-state index is -0.455. The molecule has 1 amide bonds. The van der Waals surface area contributed by atoms with Crippen molar-refractivity contribution < 1.29 is 14.2 Å². The van der Waals surface area contributed by atoms with Crippen LogP contribution in [0.5, 0.6) is 0 Å². The van der Waals surface area contributed by atoms with Crippen LogP contribution in [0.1, 0.15) is 21.9 Å². The number of aromatic nitrogens is 4. The summed E-state index contributed by atoms with van der Waals surface area (Å²) in [4.78, 5) is 31.8. The molecule has 0 unspecified atom stereocenters. The molecule has 35 heavy (non-hydrogen) atoms. The normalized spacial score (nSPS) is 14.3. The second kappa shape index (κ2) is 9.47. The van der Waals surface area contributed by atoms with Gasteiger partial charge in [0.25, 0.3) is 11.6 Å². The second-order valence-electron chi connectivity index (χ2n) is 8.37. The Kier molecular flexibility index (Phi) is 6.06. The van der Waals surface area contributed by atoms with E-state index in [0.717, 1.165) is 5.56 Å². The number of nitrogens with zero attached hydrogens (tertiary/aromatic N) is 7. The molecule has 0 saturated carbocycles. The summed E-state index contributed by atoms with van der Waals surface area (Å²) in [5.74, 6) is 0.962. The zero-order valence-corrected chi connectivity index (χ0v) is 19.1. The molecule has 0 spiro atoms. The van der Waals surface area contributed by atoms with E-state index in [-0.39, 0.29) is 11.6 Å². The van der Waals surface area contributed by atoms with Gasteiger partial charge in [-0.15, -0.1) is 0 Å². The molecular formula is C24H23N7O4. The van der Waals surface area contributed by atoms with Crippen LogP contribution in [-0.2, 0) is 6.54 Å². The van der Waals surface area contributed by atoms with E-state index in [1.54, 1.807) is 29.3 Å². The lowest BCUT2D eigenvalue weighted by atomic mass is 10.1. The molecular weight excluding hydrogens is 450 g/mol. The van der Waals surface area contributed by atoms with Gasteiger partial charge in [-0.2, -0.15) is 10.1 Å². The summed E-state index contributed by atoms with van der Waals surface area (Å²) in [6.45, 7) is 5.02. The largest absolute Gasteiger partial charge is 0.338 e. The fourth-order valence-electron chi connectivity index (χ4n) is 3.91. The smallest absolute Gasteiger partial charge is 0.274 e. The van der Waals surface area contributed by atoms with Crippen molar-refractivity contribution in [3.63, 3.8) is 0 Å². The van der Waals surface area contributed by atoms with E-state index in [1.807, 2.05) is 31.2 Å². The summed E-state index contributed by atoms with van der Waals surface area (Å²) in [5.41, 5.74) is 3.06. The number of non-ortho nitro benzene ring substituents is 1. The number of aryl methyl sites for hydroxylation is 1. The third kappa shape index (κ3) is 4.94. The Labute approximate surface area is 200 Å². The van der Waals surface area contributed by atoms with Crippen molar-refractivity contribution >= 4 is 11.6 Å². The van der Waals surface area contributed by atoms with Crippen LogP contribution in [0.15, 0.2) is 65.3 Å². The predicted octanol–water partition coefficient (Wildman–Crippen LogP) is 3.10. The molecule has 0 atom stereocenters. The summed E-state index contributed by atoms with van der Waals surface area (Å²) in [6, 6.07) is 15.6. The summed E-state index contributed by atoms with van der Waals surface area (Å²) >= 11 is 0. The minimum absolute atomic E-state index is 0.00183. The molecule has 2 aromatic carbocycles. The molecule has 178 valence electrons. The summed E-state index contributed by atoms with van der Waals surface area (Å²) in [7, 11) is 0. The summed E-state index contributed by atoms with van der Waals surface area (Å²) in [5, 5.41) is 19.3. The van der Waals surface area contributed by atoms with Crippen molar-refractivity contribution in [2.45, 2.75) is 13.5 Å². The summed E-state index contributed by atoms with van der Waals surface area (Å²) < 4.78 is 6.96. The van der Waals surface area contributed by atoms with Crippen LogP contribution in [0, 0.1) is 17.0 Å². The van der Waals surface area contributed by atoms with E-state index in [0.29, 0.717) is 55.8 Å². The molecule has 1 fully saturated rings. The topological polar surface area (TPSA) is 123 Å². The van der Waals surface area contributed by atoms with Gasteiger partial charge in [0.2, 0.25) is 11.7 Å². The highest BCUT2D eigenvalue weighted by atomic mass is 16.6. The first kappa shape index (κ1) is 22.4. The van der Waals surface area contributed by atoms with Gasteiger partial charge in [-0.3, -0.25) is 19.8 Å². The van der Waals surface area contributed by atoms with Crippen LogP contribution < -0.4 is 0 Å². The van der Waals surface area contributed by atoms with E-state index >= 15 is 0 Å². The maximum atomic E-state index is 12.9. The Morgan fingerprint density at radius 3 is 2.43 bits per heavy atom. The number of hydrogen-bond donors (Lipinski definition) is 0. The van der Waals surface area contributed by atoms with Crippen molar-refractivity contribution in [2.75, 3.05) is 26.2 Å². The van der Waals surface area contributed by atoms with Crippen LogP contribution >= 0.6 is 0 Å². The van der Waals surface area contributed by atoms with Gasteiger partial charge < -0.3 is 9.42 Å². The maximum Gasteiger partial charge on any atom is 0.274 e. The Hall–Kier alpha value is -4.38. The molecule has 11 nitrogen and oxygen atoms in total. The minimum Gasteiger partial charge on any atom is -0.338 e. The number of rotatable bonds is 6. The van der Waals surface area contributed by atoms with Crippen molar-refractivity contribution in [2.24, 2.45) is 0 Å². The first-order valence-electron chi connectivity index (χ1n) is 11.2. The van der Waals surface area contributed by atoms with Crippen molar-refractivity contribution in [1.82, 2.24) is 29.7 Å². The van der Waals surface area contributed by atoms with E-state index in [2.05, 4.69) is 20.1 Å². The number of carbonyl (C=O) groups excluding carboxylic acids is 1. The fourth-order valence-corrected chi connectivity index (χ4v) is 3.91. The Morgan fingerprint density at radius 2 is 1.74 bits per heavy atom. The third-order valence-electron chi connectivity index (χ3n) is 5.93. The molecule has 2 aromatic heterocycles. The molecule has 1 aliphatic heterocycles. The van der Waals surface area contributed by atoms with Crippen LogP contribution in [0.2, 0.25) is 0 Å². The number of hydrogen-bond acceptors (Lipinski definition) is 8. The van der Waals surface area contributed by atoms with Gasteiger partial charge in [0.1, 0.15) is 0 Å². The monoisotopic (exact) mass is 473 g/mol. The van der Waals surface area contributed by atoms with E-state index in [4.69, 9.17) is 4.52 Å². The highest BCUT2D eigenvalue weighted by Gasteiger charge is 2.25.